The van der Waals surface area contributed by atoms with Crippen molar-refractivity contribution in [3.8, 4) is 22.8 Å². The van der Waals surface area contributed by atoms with Crippen molar-refractivity contribution in [1.29, 1.82) is 0 Å². The number of non-ortho nitro benzene ring substituents is 1. The topological polar surface area (TPSA) is 94.7 Å². The van der Waals surface area contributed by atoms with Crippen molar-refractivity contribution >= 4 is 5.69 Å². The van der Waals surface area contributed by atoms with E-state index >= 15 is 0 Å². The number of halogens is 3. The summed E-state index contributed by atoms with van der Waals surface area (Å²) >= 11 is 0. The number of benzene rings is 2. The summed E-state index contributed by atoms with van der Waals surface area (Å²) in [5.41, 5.74) is -0.0430. The van der Waals surface area contributed by atoms with Gasteiger partial charge in [0.25, 0.3) is 5.69 Å². The maximum atomic E-state index is 12.5. The van der Waals surface area contributed by atoms with E-state index in [1.807, 2.05) is 0 Å². The van der Waals surface area contributed by atoms with Gasteiger partial charge in [-0.05, 0) is 24.3 Å². The Balaban J connectivity index is 1.83. The van der Waals surface area contributed by atoms with Crippen molar-refractivity contribution in [3.05, 3.63) is 64.2 Å². The van der Waals surface area contributed by atoms with Crippen LogP contribution in [0.5, 0.6) is 0 Å². The van der Waals surface area contributed by atoms with Crippen LogP contribution in [0, 0.1) is 10.1 Å². The zero-order valence-corrected chi connectivity index (χ0v) is 12.3. The fourth-order valence-corrected chi connectivity index (χ4v) is 2.00. The Hall–Kier alpha value is -3.43. The number of aromatic nitrogens is 4. The molecule has 0 spiro atoms. The summed E-state index contributed by atoms with van der Waals surface area (Å²) in [5.74, 6) is 0.213. The minimum Gasteiger partial charge on any atom is -0.258 e. The molecule has 0 radical (unpaired) electrons. The number of nitrogens with zero attached hydrogens (tertiary/aromatic N) is 5. The lowest BCUT2D eigenvalue weighted by Crippen LogP contribution is -2.04. The molecule has 25 heavy (non-hydrogen) atoms. The molecular formula is C15H8F3N5O2. The molecule has 3 aromatic rings. The molecular weight excluding hydrogens is 339 g/mol. The van der Waals surface area contributed by atoms with Gasteiger partial charge in [-0.1, -0.05) is 12.1 Å². The third-order valence-corrected chi connectivity index (χ3v) is 3.29. The van der Waals surface area contributed by atoms with Gasteiger partial charge in [0.05, 0.1) is 10.5 Å². The van der Waals surface area contributed by atoms with Crippen LogP contribution >= 0.6 is 0 Å². The van der Waals surface area contributed by atoms with Gasteiger partial charge >= 0.3 is 6.18 Å². The predicted molar refractivity (Wildman–Crippen MR) is 80.2 cm³/mol. The van der Waals surface area contributed by atoms with Gasteiger partial charge in [-0.2, -0.15) is 13.2 Å². The fraction of sp³-hybridized carbons (Fsp3) is 0.0667. The number of nitro benzene ring substituents is 1. The van der Waals surface area contributed by atoms with Crippen LogP contribution in [0.4, 0.5) is 18.9 Å². The Kier molecular flexibility index (Phi) is 4.09. The van der Waals surface area contributed by atoms with Gasteiger partial charge < -0.3 is 0 Å². The zero-order chi connectivity index (χ0) is 18.0. The highest BCUT2D eigenvalue weighted by molar-refractivity contribution is 5.58. The third kappa shape index (κ3) is 3.57. The van der Waals surface area contributed by atoms with Crippen molar-refractivity contribution in [2.45, 2.75) is 6.18 Å². The van der Waals surface area contributed by atoms with Gasteiger partial charge in [-0.3, -0.25) is 10.1 Å². The Labute approximate surface area is 138 Å². The quantitative estimate of drug-likeness (QED) is 0.531. The molecule has 0 aliphatic heterocycles. The molecule has 0 saturated carbocycles. The second-order valence-corrected chi connectivity index (χ2v) is 4.93. The van der Waals surface area contributed by atoms with E-state index in [2.05, 4.69) is 20.4 Å². The Bertz CT molecular complexity index is 894. The van der Waals surface area contributed by atoms with E-state index in [0.717, 1.165) is 12.1 Å². The van der Waals surface area contributed by atoms with Crippen LogP contribution in [0.15, 0.2) is 48.5 Å². The van der Waals surface area contributed by atoms with Gasteiger partial charge in [-0.25, -0.2) is 0 Å². The molecule has 0 aliphatic carbocycles. The average Bonchev–Trinajstić information content (AvgIpc) is 2.61. The largest absolute Gasteiger partial charge is 0.416 e. The first-order valence-corrected chi connectivity index (χ1v) is 6.84. The number of hydrogen-bond donors (Lipinski definition) is 0. The molecule has 0 N–H and O–H groups in total. The Morgan fingerprint density at radius 1 is 0.760 bits per heavy atom. The summed E-state index contributed by atoms with van der Waals surface area (Å²) in [4.78, 5) is 10.1. The molecule has 0 unspecified atom stereocenters. The molecule has 1 heterocycles. The van der Waals surface area contributed by atoms with Gasteiger partial charge in [-0.15, -0.1) is 20.4 Å². The van der Waals surface area contributed by atoms with Crippen LogP contribution in [0.2, 0.25) is 0 Å². The van der Waals surface area contributed by atoms with Gasteiger partial charge in [0.15, 0.2) is 0 Å². The van der Waals surface area contributed by atoms with E-state index in [1.54, 1.807) is 0 Å². The second-order valence-electron chi connectivity index (χ2n) is 4.93. The molecule has 0 saturated heterocycles. The molecule has 0 amide bonds. The standard InChI is InChI=1S/C15H8F3N5O2/c16-15(17,18)11-5-1-9(2-6-11)13-19-21-14(22-20-13)10-3-7-12(8-4-10)23(24)25/h1-8H. The van der Waals surface area contributed by atoms with Gasteiger partial charge in [0.2, 0.25) is 11.6 Å². The smallest absolute Gasteiger partial charge is 0.258 e. The molecule has 2 aromatic carbocycles. The minimum absolute atomic E-state index is 0.0689. The minimum atomic E-state index is -4.42. The van der Waals surface area contributed by atoms with Crippen LogP contribution in [0.1, 0.15) is 5.56 Å². The van der Waals surface area contributed by atoms with E-state index < -0.39 is 16.7 Å². The molecule has 0 bridgehead atoms. The zero-order valence-electron chi connectivity index (χ0n) is 12.3. The first-order chi connectivity index (χ1) is 11.8. The van der Waals surface area contributed by atoms with Crippen molar-refractivity contribution < 1.29 is 18.1 Å². The summed E-state index contributed by atoms with van der Waals surface area (Å²) < 4.78 is 37.6. The first-order valence-electron chi connectivity index (χ1n) is 6.84. The predicted octanol–water partition coefficient (Wildman–Crippen LogP) is 3.53. The molecule has 0 atom stereocenters. The fourth-order valence-electron chi connectivity index (χ4n) is 2.00. The highest BCUT2D eigenvalue weighted by Crippen LogP contribution is 2.30. The summed E-state index contributed by atoms with van der Waals surface area (Å²) in [7, 11) is 0. The van der Waals surface area contributed by atoms with Crippen LogP contribution in [-0.2, 0) is 6.18 Å². The van der Waals surface area contributed by atoms with E-state index in [4.69, 9.17) is 0 Å². The van der Waals surface area contributed by atoms with Gasteiger partial charge in [0, 0.05) is 23.3 Å². The second kappa shape index (κ2) is 6.23. The van der Waals surface area contributed by atoms with Gasteiger partial charge in [0.1, 0.15) is 0 Å². The molecule has 3 rings (SSSR count). The Morgan fingerprint density at radius 2 is 1.16 bits per heavy atom. The summed E-state index contributed by atoms with van der Waals surface area (Å²) in [5, 5.41) is 26.0. The van der Waals surface area contributed by atoms with E-state index in [0.29, 0.717) is 11.1 Å². The van der Waals surface area contributed by atoms with Crippen LogP contribution < -0.4 is 0 Å². The lowest BCUT2D eigenvalue weighted by molar-refractivity contribution is -0.384. The van der Waals surface area contributed by atoms with Crippen LogP contribution in [0.3, 0.4) is 0 Å². The number of alkyl halides is 3. The maximum Gasteiger partial charge on any atom is 0.416 e. The van der Waals surface area contributed by atoms with Crippen LogP contribution in [-0.4, -0.2) is 25.3 Å². The molecule has 7 nitrogen and oxygen atoms in total. The van der Waals surface area contributed by atoms with E-state index in [9.17, 15) is 23.3 Å². The third-order valence-electron chi connectivity index (χ3n) is 3.29. The highest BCUT2D eigenvalue weighted by atomic mass is 19.4. The highest BCUT2D eigenvalue weighted by Gasteiger charge is 2.30. The lowest BCUT2D eigenvalue weighted by atomic mass is 10.1. The Morgan fingerprint density at radius 3 is 1.52 bits per heavy atom. The van der Waals surface area contributed by atoms with Crippen molar-refractivity contribution in [3.63, 3.8) is 0 Å². The molecule has 0 aliphatic rings. The van der Waals surface area contributed by atoms with Crippen molar-refractivity contribution in [1.82, 2.24) is 20.4 Å². The first kappa shape index (κ1) is 16.4. The average molecular weight is 347 g/mol. The SMILES string of the molecule is O=[N+]([O-])c1ccc(-c2nnc(-c3ccc(C(F)(F)F)cc3)nn2)cc1. The summed E-state index contributed by atoms with van der Waals surface area (Å²) in [6, 6.07) is 9.79. The molecule has 1 aromatic heterocycles. The number of hydrogen-bond acceptors (Lipinski definition) is 6. The van der Waals surface area contributed by atoms with Crippen molar-refractivity contribution in [2.75, 3.05) is 0 Å². The summed E-state index contributed by atoms with van der Waals surface area (Å²) in [6.07, 6.45) is -4.42. The molecule has 0 fully saturated rings. The van der Waals surface area contributed by atoms with E-state index in [-0.39, 0.29) is 17.3 Å². The monoisotopic (exact) mass is 347 g/mol. The van der Waals surface area contributed by atoms with E-state index in [1.165, 1.54) is 36.4 Å². The summed E-state index contributed by atoms with van der Waals surface area (Å²) in [6.45, 7) is 0. The maximum absolute atomic E-state index is 12.5. The number of nitro groups is 1. The van der Waals surface area contributed by atoms with Crippen molar-refractivity contribution in [2.24, 2.45) is 0 Å². The lowest BCUT2D eigenvalue weighted by Gasteiger charge is -2.06. The number of rotatable bonds is 3. The molecule has 10 heteroatoms. The van der Waals surface area contributed by atoms with Crippen LogP contribution in [0.25, 0.3) is 22.8 Å². The normalized spacial score (nSPS) is 11.3. The molecule has 126 valence electrons.